The van der Waals surface area contributed by atoms with Gasteiger partial charge in [0.1, 0.15) is 18.1 Å². The van der Waals surface area contributed by atoms with Crippen LogP contribution in [0.2, 0.25) is 0 Å². The first-order chi connectivity index (χ1) is 16.8. The number of amides is 3. The molecule has 1 saturated heterocycles. The Morgan fingerprint density at radius 2 is 1.89 bits per heavy atom. The average Bonchev–Trinajstić information content (AvgIpc) is 3.54. The monoisotopic (exact) mass is 486 g/mol. The van der Waals surface area contributed by atoms with E-state index >= 15 is 0 Å². The van der Waals surface area contributed by atoms with E-state index in [2.05, 4.69) is 20.6 Å². The number of nitrogens with one attached hydrogen (secondary N) is 3. The van der Waals surface area contributed by atoms with Gasteiger partial charge in [0.05, 0.1) is 19.0 Å². The van der Waals surface area contributed by atoms with E-state index in [9.17, 15) is 24.3 Å². The van der Waals surface area contributed by atoms with Crippen LogP contribution in [-0.2, 0) is 32.0 Å². The molecule has 0 aliphatic carbocycles. The molecular weight excluding hydrogens is 456 g/mol. The van der Waals surface area contributed by atoms with Crippen LogP contribution < -0.4 is 16.4 Å². The topological polar surface area (TPSA) is 191 Å². The third kappa shape index (κ3) is 6.87. The van der Waals surface area contributed by atoms with E-state index in [-0.39, 0.29) is 19.4 Å². The van der Waals surface area contributed by atoms with Crippen molar-refractivity contribution in [3.05, 3.63) is 54.1 Å². The minimum Gasteiger partial charge on any atom is -0.480 e. The van der Waals surface area contributed by atoms with Crippen LogP contribution in [-0.4, -0.2) is 86.1 Å². The number of rotatable bonds is 11. The van der Waals surface area contributed by atoms with Gasteiger partial charge in [-0.15, -0.1) is 0 Å². The van der Waals surface area contributed by atoms with Crippen molar-refractivity contribution in [2.24, 2.45) is 5.73 Å². The summed E-state index contributed by atoms with van der Waals surface area (Å²) in [7, 11) is 0. The molecule has 7 N–H and O–H groups in total. The largest absolute Gasteiger partial charge is 0.480 e. The maximum absolute atomic E-state index is 13.5. The predicted molar refractivity (Wildman–Crippen MR) is 124 cm³/mol. The van der Waals surface area contributed by atoms with E-state index in [0.717, 1.165) is 5.56 Å². The van der Waals surface area contributed by atoms with Crippen molar-refractivity contribution in [2.75, 3.05) is 13.2 Å². The molecule has 1 aromatic heterocycles. The number of aromatic amines is 1. The first kappa shape index (κ1) is 25.8. The number of hydrogen-bond acceptors (Lipinski definition) is 7. The molecule has 2 aromatic rings. The summed E-state index contributed by atoms with van der Waals surface area (Å²) in [5.41, 5.74) is 7.53. The Morgan fingerprint density at radius 1 is 1.14 bits per heavy atom. The second-order valence-corrected chi connectivity index (χ2v) is 8.41. The van der Waals surface area contributed by atoms with Gasteiger partial charge in [0, 0.05) is 31.3 Å². The summed E-state index contributed by atoms with van der Waals surface area (Å²) in [5, 5.41) is 23.3. The highest BCUT2D eigenvalue weighted by Gasteiger charge is 2.39. The van der Waals surface area contributed by atoms with E-state index in [1.54, 1.807) is 6.20 Å². The van der Waals surface area contributed by atoms with E-state index in [4.69, 9.17) is 10.8 Å². The summed E-state index contributed by atoms with van der Waals surface area (Å²) in [6.45, 7) is -0.502. The number of nitrogens with zero attached hydrogens (tertiary/aromatic N) is 2. The minimum absolute atomic E-state index is 0.182. The van der Waals surface area contributed by atoms with Crippen LogP contribution in [0.1, 0.15) is 24.1 Å². The van der Waals surface area contributed by atoms with Crippen molar-refractivity contribution in [3.63, 3.8) is 0 Å². The van der Waals surface area contributed by atoms with Gasteiger partial charge in [-0.2, -0.15) is 0 Å². The van der Waals surface area contributed by atoms with Crippen molar-refractivity contribution in [3.8, 4) is 0 Å². The lowest BCUT2D eigenvalue weighted by Gasteiger charge is -2.30. The number of aromatic nitrogens is 2. The van der Waals surface area contributed by atoms with Gasteiger partial charge in [-0.25, -0.2) is 9.78 Å². The highest BCUT2D eigenvalue weighted by Crippen LogP contribution is 2.20. The molecular formula is C23H30N6O6. The van der Waals surface area contributed by atoms with Crippen LogP contribution in [0.5, 0.6) is 0 Å². The average molecular weight is 487 g/mol. The Bertz CT molecular complexity index is 1010. The molecule has 1 fully saturated rings. The number of carbonyl (C=O) groups excluding carboxylic acids is 3. The van der Waals surface area contributed by atoms with Gasteiger partial charge in [0.25, 0.3) is 0 Å². The Morgan fingerprint density at radius 3 is 2.51 bits per heavy atom. The lowest BCUT2D eigenvalue weighted by atomic mass is 10.0. The second-order valence-electron chi connectivity index (χ2n) is 8.41. The van der Waals surface area contributed by atoms with E-state index < -0.39 is 54.5 Å². The van der Waals surface area contributed by atoms with Crippen LogP contribution in [0.3, 0.4) is 0 Å². The summed E-state index contributed by atoms with van der Waals surface area (Å²) in [5.74, 6) is -3.04. The standard InChI is InChI=1S/C23H30N6O6/c24-16(10-15-11-25-13-26-15)20(31)27-17(9-14-5-2-1-3-6-14)22(33)29-8-4-7-19(29)21(32)28-18(12-30)23(34)35/h1-3,5-6,11,13,16-19,30H,4,7-10,12,24H2,(H,25,26)(H,27,31)(H,28,32)(H,34,35). The summed E-state index contributed by atoms with van der Waals surface area (Å²) in [6.07, 6.45) is 4.29. The van der Waals surface area contributed by atoms with Crippen molar-refractivity contribution in [2.45, 2.75) is 49.9 Å². The molecule has 3 rings (SSSR count). The lowest BCUT2D eigenvalue weighted by Crippen LogP contribution is -2.57. The van der Waals surface area contributed by atoms with E-state index in [0.29, 0.717) is 18.5 Å². The van der Waals surface area contributed by atoms with Crippen molar-refractivity contribution < 1.29 is 29.4 Å². The second kappa shape index (κ2) is 12.1. The van der Waals surface area contributed by atoms with Crippen molar-refractivity contribution >= 4 is 23.7 Å². The molecule has 188 valence electrons. The number of aliphatic hydroxyl groups excluding tert-OH is 1. The van der Waals surface area contributed by atoms with Crippen LogP contribution in [0.4, 0.5) is 0 Å². The van der Waals surface area contributed by atoms with E-state index in [1.165, 1.54) is 11.2 Å². The number of nitrogens with two attached hydrogens (primary N) is 1. The van der Waals surface area contributed by atoms with Gasteiger partial charge in [-0.05, 0) is 18.4 Å². The Labute approximate surface area is 201 Å². The summed E-state index contributed by atoms with van der Waals surface area (Å²) >= 11 is 0. The zero-order chi connectivity index (χ0) is 25.4. The summed E-state index contributed by atoms with van der Waals surface area (Å²) in [4.78, 5) is 58.4. The number of carbonyl (C=O) groups is 4. The fraction of sp³-hybridized carbons (Fsp3) is 0.435. The van der Waals surface area contributed by atoms with Gasteiger partial charge >= 0.3 is 5.97 Å². The third-order valence-electron chi connectivity index (χ3n) is 5.86. The van der Waals surface area contributed by atoms with Crippen molar-refractivity contribution in [1.29, 1.82) is 0 Å². The Hall–Kier alpha value is -3.77. The minimum atomic E-state index is -1.47. The molecule has 0 bridgehead atoms. The van der Waals surface area contributed by atoms with Gasteiger partial charge in [0.15, 0.2) is 0 Å². The van der Waals surface area contributed by atoms with Crippen LogP contribution in [0.25, 0.3) is 0 Å². The molecule has 12 heteroatoms. The fourth-order valence-electron chi connectivity index (χ4n) is 4.01. The molecule has 1 aromatic carbocycles. The summed E-state index contributed by atoms with van der Waals surface area (Å²) < 4.78 is 0. The molecule has 1 aliphatic heterocycles. The predicted octanol–water partition coefficient (Wildman–Crippen LogP) is -1.44. The molecule has 0 saturated carbocycles. The maximum atomic E-state index is 13.5. The number of hydrogen-bond donors (Lipinski definition) is 6. The number of aliphatic carboxylic acids is 1. The molecule has 4 atom stereocenters. The molecule has 4 unspecified atom stereocenters. The highest BCUT2D eigenvalue weighted by atomic mass is 16.4. The van der Waals surface area contributed by atoms with Crippen LogP contribution in [0, 0.1) is 0 Å². The first-order valence-corrected chi connectivity index (χ1v) is 11.3. The molecule has 1 aliphatic rings. The number of likely N-dealkylation sites (tertiary alicyclic amines) is 1. The Balaban J connectivity index is 1.75. The van der Waals surface area contributed by atoms with Gasteiger partial charge in [0.2, 0.25) is 17.7 Å². The van der Waals surface area contributed by atoms with Crippen LogP contribution in [0.15, 0.2) is 42.9 Å². The lowest BCUT2D eigenvalue weighted by molar-refractivity contribution is -0.145. The van der Waals surface area contributed by atoms with E-state index in [1.807, 2.05) is 30.3 Å². The van der Waals surface area contributed by atoms with Gasteiger partial charge in [-0.1, -0.05) is 30.3 Å². The molecule has 35 heavy (non-hydrogen) atoms. The number of carboxylic acid groups (broad SMARTS) is 1. The highest BCUT2D eigenvalue weighted by molar-refractivity contribution is 5.94. The maximum Gasteiger partial charge on any atom is 0.328 e. The Kier molecular flexibility index (Phi) is 8.92. The van der Waals surface area contributed by atoms with Crippen molar-refractivity contribution in [1.82, 2.24) is 25.5 Å². The number of H-pyrrole nitrogens is 1. The quantitative estimate of drug-likeness (QED) is 0.222. The third-order valence-corrected chi connectivity index (χ3v) is 5.86. The SMILES string of the molecule is NC(Cc1cnc[nH]1)C(=O)NC(Cc1ccccc1)C(=O)N1CCCC1C(=O)NC(CO)C(=O)O. The van der Waals surface area contributed by atoms with Crippen LogP contribution >= 0.6 is 0 Å². The number of carboxylic acids is 1. The molecule has 0 spiro atoms. The smallest absolute Gasteiger partial charge is 0.328 e. The zero-order valence-corrected chi connectivity index (χ0v) is 19.1. The fourth-order valence-corrected chi connectivity index (χ4v) is 4.01. The van der Waals surface area contributed by atoms with Gasteiger partial charge in [-0.3, -0.25) is 14.4 Å². The number of benzene rings is 1. The summed E-state index contributed by atoms with van der Waals surface area (Å²) in [6, 6.07) is 4.81. The number of imidazole rings is 1. The molecule has 3 amide bonds. The molecule has 12 nitrogen and oxygen atoms in total. The normalized spacial score (nSPS) is 17.9. The van der Waals surface area contributed by atoms with Gasteiger partial charge < -0.3 is 36.5 Å². The molecule has 0 radical (unpaired) electrons. The molecule has 2 heterocycles. The zero-order valence-electron chi connectivity index (χ0n) is 19.1. The first-order valence-electron chi connectivity index (χ1n) is 11.3. The number of aliphatic hydroxyl groups is 1.